The van der Waals surface area contributed by atoms with Crippen molar-refractivity contribution >= 4 is 33.4 Å². The van der Waals surface area contributed by atoms with E-state index in [1.807, 2.05) is 4.90 Å². The molecule has 3 aliphatic rings. The maximum Gasteiger partial charge on any atom is 0.319 e. The smallest absolute Gasteiger partial charge is 0.319 e. The van der Waals surface area contributed by atoms with Gasteiger partial charge in [0.15, 0.2) is 5.82 Å². The van der Waals surface area contributed by atoms with Gasteiger partial charge in [0.1, 0.15) is 35.2 Å². The van der Waals surface area contributed by atoms with Crippen LogP contribution < -0.4 is 15.0 Å². The number of aromatic hydroxyl groups is 1. The van der Waals surface area contributed by atoms with Crippen molar-refractivity contribution in [3.05, 3.63) is 60.3 Å². The van der Waals surface area contributed by atoms with Crippen molar-refractivity contribution in [3.8, 4) is 35.4 Å². The number of terminal acetylenes is 1. The third kappa shape index (κ3) is 6.03. The highest BCUT2D eigenvalue weighted by molar-refractivity contribution is 6.03. The van der Waals surface area contributed by atoms with E-state index in [2.05, 4.69) is 46.5 Å². The zero-order chi connectivity index (χ0) is 34.5. The molecule has 7 rings (SSSR count). The fourth-order valence-electron chi connectivity index (χ4n) is 8.11. The number of nitrogens with one attached hydrogen (secondary N) is 1. The van der Waals surface area contributed by atoms with Gasteiger partial charge in [0.25, 0.3) is 0 Å². The lowest BCUT2D eigenvalue weighted by atomic mass is 9.84. The minimum absolute atomic E-state index is 0.0254. The van der Waals surface area contributed by atoms with Crippen LogP contribution in [-0.2, 0) is 4.79 Å². The van der Waals surface area contributed by atoms with E-state index in [-0.39, 0.29) is 62.4 Å². The first kappa shape index (κ1) is 32.7. The molecule has 0 unspecified atom stereocenters. The second-order valence-corrected chi connectivity index (χ2v) is 14.4. The number of pyridine rings is 1. The first-order chi connectivity index (χ1) is 23.5. The van der Waals surface area contributed by atoms with Gasteiger partial charge in [-0.3, -0.25) is 14.7 Å². The van der Waals surface area contributed by atoms with Crippen LogP contribution in [0.2, 0.25) is 0 Å². The highest BCUT2D eigenvalue weighted by atomic mass is 19.1. The van der Waals surface area contributed by atoms with Crippen LogP contribution in [0.25, 0.3) is 32.9 Å². The average Bonchev–Trinajstić information content (AvgIpc) is 3.61. The van der Waals surface area contributed by atoms with Crippen LogP contribution in [0.5, 0.6) is 11.8 Å². The summed E-state index contributed by atoms with van der Waals surface area (Å²) in [6.45, 7) is 11.4. The zero-order valence-electron chi connectivity index (χ0n) is 27.9. The number of hydrogen-bond donors (Lipinski definition) is 2. The predicted octanol–water partition coefficient (Wildman–Crippen LogP) is 6.11. The molecule has 3 saturated heterocycles. The number of fused-ring (bicyclic) bond motifs is 3. The van der Waals surface area contributed by atoms with E-state index in [9.17, 15) is 14.3 Å². The summed E-state index contributed by atoms with van der Waals surface area (Å²) in [5.41, 5.74) is -0.278. The van der Waals surface area contributed by atoms with Crippen molar-refractivity contribution in [2.75, 3.05) is 37.7 Å². The molecule has 2 aromatic heterocycles. The van der Waals surface area contributed by atoms with Gasteiger partial charge in [-0.2, -0.15) is 9.97 Å². The first-order valence-electron chi connectivity index (χ1n) is 16.8. The van der Waals surface area contributed by atoms with Crippen LogP contribution in [0.4, 0.5) is 14.6 Å². The maximum absolute atomic E-state index is 17.0. The van der Waals surface area contributed by atoms with Crippen molar-refractivity contribution in [1.29, 1.82) is 0 Å². The third-order valence-corrected chi connectivity index (χ3v) is 10.5. The Balaban J connectivity index is 1.38. The lowest BCUT2D eigenvalue weighted by Crippen LogP contribution is -2.44. The number of nitrogens with zero attached hydrogens (tertiary/aromatic N) is 5. The third-order valence-electron chi connectivity index (χ3n) is 10.5. The van der Waals surface area contributed by atoms with Gasteiger partial charge in [0.05, 0.1) is 16.5 Å². The Bertz CT molecular complexity index is 2020. The Morgan fingerprint density at radius 3 is 2.69 bits per heavy atom. The number of amides is 1. The molecule has 2 N–H and O–H groups in total. The molecule has 1 amide bonds. The van der Waals surface area contributed by atoms with E-state index in [4.69, 9.17) is 16.1 Å². The summed E-state index contributed by atoms with van der Waals surface area (Å²) in [6.07, 6.45) is 14.2. The van der Waals surface area contributed by atoms with Crippen molar-refractivity contribution in [2.24, 2.45) is 5.41 Å². The molecule has 3 fully saturated rings. The second-order valence-electron chi connectivity index (χ2n) is 14.4. The average molecular weight is 667 g/mol. The number of benzene rings is 2. The van der Waals surface area contributed by atoms with E-state index in [0.29, 0.717) is 36.3 Å². The van der Waals surface area contributed by atoms with Crippen LogP contribution in [0.1, 0.15) is 57.9 Å². The molecule has 0 bridgehead atoms. The molecule has 0 radical (unpaired) electrons. The van der Waals surface area contributed by atoms with Crippen LogP contribution in [0.3, 0.4) is 0 Å². The summed E-state index contributed by atoms with van der Waals surface area (Å²) in [5, 5.41) is 14.7. The summed E-state index contributed by atoms with van der Waals surface area (Å²) >= 11 is 0. The summed E-state index contributed by atoms with van der Waals surface area (Å²) in [5.74, 6) is 0.984. The zero-order valence-corrected chi connectivity index (χ0v) is 27.9. The molecule has 0 aliphatic carbocycles. The van der Waals surface area contributed by atoms with Gasteiger partial charge in [0.2, 0.25) is 5.91 Å². The molecule has 49 heavy (non-hydrogen) atoms. The van der Waals surface area contributed by atoms with Gasteiger partial charge >= 0.3 is 6.01 Å². The number of aromatic nitrogens is 3. The van der Waals surface area contributed by atoms with Crippen LogP contribution >= 0.6 is 0 Å². The Hall–Kier alpha value is -4.82. The standard InChI is InChI=1S/C38H40F2N6O3/c1-5-26-29(39)10-9-23-17-25(47)18-27(31(23)26)33-32(40)34-28(20-41-33)35(45-16-13-37(3,4)19-24(21-45)42-30(48)6-2)44-36(43-34)49-22-38-11-7-14-46(38)15-8-12-38/h1,6,9-10,17-18,20,24,47H,2,7-8,11-16,19,21-22H2,3-4H3,(H,42,48)/t24-/m1/s1. The molecule has 0 spiro atoms. The molecule has 2 aromatic carbocycles. The number of anilines is 1. The molecule has 254 valence electrons. The predicted molar refractivity (Wildman–Crippen MR) is 185 cm³/mol. The van der Waals surface area contributed by atoms with Crippen LogP contribution in [-0.4, -0.2) is 75.2 Å². The first-order valence-corrected chi connectivity index (χ1v) is 16.8. The largest absolute Gasteiger partial charge is 0.508 e. The molecule has 11 heteroatoms. The molecular weight excluding hydrogens is 626 g/mol. The fourth-order valence-corrected chi connectivity index (χ4v) is 8.11. The van der Waals surface area contributed by atoms with Crippen LogP contribution in [0.15, 0.2) is 43.1 Å². The monoisotopic (exact) mass is 666 g/mol. The summed E-state index contributed by atoms with van der Waals surface area (Å²) in [4.78, 5) is 30.9. The summed E-state index contributed by atoms with van der Waals surface area (Å²) in [7, 11) is 0. The summed E-state index contributed by atoms with van der Waals surface area (Å²) < 4.78 is 38.3. The van der Waals surface area contributed by atoms with E-state index < -0.39 is 11.6 Å². The lowest BCUT2D eigenvalue weighted by molar-refractivity contribution is -0.117. The number of phenolic OH excluding ortho intramolecular Hbond substituents is 1. The number of ether oxygens (including phenoxy) is 1. The van der Waals surface area contributed by atoms with Gasteiger partial charge < -0.3 is 20.1 Å². The van der Waals surface area contributed by atoms with E-state index in [1.54, 1.807) is 0 Å². The van der Waals surface area contributed by atoms with Crippen molar-refractivity contribution in [3.63, 3.8) is 0 Å². The normalized spacial score (nSPS) is 20.1. The number of hydrogen-bond acceptors (Lipinski definition) is 8. The second kappa shape index (κ2) is 12.6. The molecule has 3 aliphatic heterocycles. The number of halogens is 2. The van der Waals surface area contributed by atoms with Gasteiger partial charge in [-0.25, -0.2) is 8.78 Å². The van der Waals surface area contributed by atoms with Gasteiger partial charge in [-0.1, -0.05) is 32.4 Å². The minimum atomic E-state index is -0.779. The number of carbonyl (C=O) groups excluding carboxylic acids is 1. The van der Waals surface area contributed by atoms with Gasteiger partial charge in [-0.15, -0.1) is 6.42 Å². The quantitative estimate of drug-likeness (QED) is 0.180. The molecule has 9 nitrogen and oxygen atoms in total. The SMILES string of the molecule is C#Cc1c(F)ccc2cc(O)cc(-c3ncc4c(N5CCC(C)(C)C[C@@H](NC(=O)C=C)C5)nc(OCC56CCCN5CCC6)nc4c3F)c12. The highest BCUT2D eigenvalue weighted by Gasteiger charge is 2.45. The van der Waals surface area contributed by atoms with E-state index in [1.165, 1.54) is 36.5 Å². The van der Waals surface area contributed by atoms with Crippen LogP contribution in [0, 0.1) is 29.4 Å². The fraction of sp³-hybridized carbons (Fsp3) is 0.421. The molecular formula is C38H40F2N6O3. The van der Waals surface area contributed by atoms with Crippen molar-refractivity contribution in [2.45, 2.75) is 64.0 Å². The Morgan fingerprint density at radius 2 is 1.96 bits per heavy atom. The van der Waals surface area contributed by atoms with E-state index in [0.717, 1.165) is 51.6 Å². The Labute approximate surface area is 284 Å². The topological polar surface area (TPSA) is 104 Å². The van der Waals surface area contributed by atoms with Crippen molar-refractivity contribution in [1.82, 2.24) is 25.2 Å². The number of carbonyl (C=O) groups is 1. The Morgan fingerprint density at radius 1 is 1.18 bits per heavy atom. The number of phenols is 1. The van der Waals surface area contributed by atoms with Crippen molar-refractivity contribution < 1.29 is 23.4 Å². The minimum Gasteiger partial charge on any atom is -0.508 e. The molecule has 5 heterocycles. The molecule has 0 saturated carbocycles. The Kier molecular flexibility index (Phi) is 8.39. The highest BCUT2D eigenvalue weighted by Crippen LogP contribution is 2.41. The molecule has 4 aromatic rings. The maximum atomic E-state index is 17.0. The van der Waals surface area contributed by atoms with Gasteiger partial charge in [0, 0.05) is 36.3 Å². The lowest BCUT2D eigenvalue weighted by Gasteiger charge is -2.31. The summed E-state index contributed by atoms with van der Waals surface area (Å²) in [6, 6.07) is 5.29. The van der Waals surface area contributed by atoms with Gasteiger partial charge in [-0.05, 0) is 86.7 Å². The molecule has 1 atom stereocenters. The van der Waals surface area contributed by atoms with E-state index >= 15 is 4.39 Å². The number of rotatable bonds is 7.